The Balaban J connectivity index is 1.19. The van der Waals surface area contributed by atoms with Gasteiger partial charge in [-0.25, -0.2) is 9.97 Å². The topological polar surface area (TPSA) is 110 Å². The van der Waals surface area contributed by atoms with Gasteiger partial charge in [-0.2, -0.15) is 4.98 Å². The summed E-state index contributed by atoms with van der Waals surface area (Å²) < 4.78 is 0. The lowest BCUT2D eigenvalue weighted by Gasteiger charge is -2.54. The first kappa shape index (κ1) is 26.0. The molecule has 10 nitrogen and oxygen atoms in total. The van der Waals surface area contributed by atoms with E-state index in [4.69, 9.17) is 4.98 Å². The molecular weight excluding hydrogens is 492 g/mol. The largest absolute Gasteiger partial charge is 0.392 e. The standard InChI is InChI=1S/C29H40N8O2/c1-19-15-35(16-20(2)36(19)17-21(3)38)23-8-10-25(30-14-23)33-28-31-13-22-7-9-24-27(39)32-18-29(11-5-4-6-12-29)37(24)26(22)34-28/h7-10,13-14,19-21,24,38H,4-6,11-12,15-18H2,1-3H3,(H,32,39)(H,30,31,33,34)/t19-,20+,21-,24?/m1/s1. The maximum absolute atomic E-state index is 12.8. The molecule has 39 heavy (non-hydrogen) atoms. The van der Waals surface area contributed by atoms with Crippen LogP contribution in [0.2, 0.25) is 0 Å². The molecule has 0 bridgehead atoms. The predicted molar refractivity (Wildman–Crippen MR) is 153 cm³/mol. The normalized spacial score (nSPS) is 27.1. The second-order valence-electron chi connectivity index (χ2n) is 11.8. The highest BCUT2D eigenvalue weighted by molar-refractivity contribution is 5.93. The summed E-state index contributed by atoms with van der Waals surface area (Å²) in [5, 5.41) is 16.3. The molecule has 1 amide bonds. The van der Waals surface area contributed by atoms with Crippen LogP contribution in [0.3, 0.4) is 0 Å². The molecule has 5 heterocycles. The van der Waals surface area contributed by atoms with Gasteiger partial charge in [-0.3, -0.25) is 9.69 Å². The lowest BCUT2D eigenvalue weighted by Crippen LogP contribution is -2.69. The van der Waals surface area contributed by atoms with Gasteiger partial charge >= 0.3 is 0 Å². The number of fused-ring (bicyclic) bond motifs is 4. The summed E-state index contributed by atoms with van der Waals surface area (Å²) in [5.41, 5.74) is 1.92. The number of pyridine rings is 1. The van der Waals surface area contributed by atoms with Crippen molar-refractivity contribution >= 4 is 35.3 Å². The Hall–Kier alpha value is -3.24. The van der Waals surface area contributed by atoms with Crippen LogP contribution < -0.4 is 20.4 Å². The van der Waals surface area contributed by atoms with Crippen LogP contribution in [-0.4, -0.2) is 86.8 Å². The molecule has 0 radical (unpaired) electrons. The summed E-state index contributed by atoms with van der Waals surface area (Å²) in [6.45, 7) is 9.41. The highest BCUT2D eigenvalue weighted by atomic mass is 16.3. The highest BCUT2D eigenvalue weighted by Crippen LogP contribution is 2.43. The van der Waals surface area contributed by atoms with E-state index in [1.54, 1.807) is 0 Å². The zero-order valence-corrected chi connectivity index (χ0v) is 23.2. The molecule has 1 saturated carbocycles. The van der Waals surface area contributed by atoms with Gasteiger partial charge in [0.2, 0.25) is 11.9 Å². The molecule has 1 unspecified atom stereocenters. The van der Waals surface area contributed by atoms with E-state index in [1.807, 2.05) is 37.5 Å². The van der Waals surface area contributed by atoms with Crippen molar-refractivity contribution in [1.29, 1.82) is 0 Å². The van der Waals surface area contributed by atoms with Gasteiger partial charge in [-0.05, 0) is 45.7 Å². The first-order valence-electron chi connectivity index (χ1n) is 14.4. The lowest BCUT2D eigenvalue weighted by atomic mass is 9.77. The molecular formula is C29H40N8O2. The molecule has 4 atom stereocenters. The first-order chi connectivity index (χ1) is 18.8. The molecule has 3 aliphatic heterocycles. The zero-order valence-electron chi connectivity index (χ0n) is 23.2. The van der Waals surface area contributed by atoms with Crippen LogP contribution in [0.4, 0.5) is 23.3 Å². The molecule has 2 aromatic rings. The Kier molecular flexibility index (Phi) is 6.93. The van der Waals surface area contributed by atoms with E-state index in [0.29, 0.717) is 36.9 Å². The summed E-state index contributed by atoms with van der Waals surface area (Å²) in [5.74, 6) is 2.02. The molecule has 2 saturated heterocycles. The molecule has 1 aliphatic carbocycles. The van der Waals surface area contributed by atoms with E-state index >= 15 is 0 Å². The number of piperazine rings is 2. The average Bonchev–Trinajstić information content (AvgIpc) is 2.93. The summed E-state index contributed by atoms with van der Waals surface area (Å²) in [6.07, 6.45) is 13.0. The van der Waals surface area contributed by atoms with Gasteiger partial charge in [-0.1, -0.05) is 31.4 Å². The van der Waals surface area contributed by atoms with Gasteiger partial charge in [-0.15, -0.1) is 0 Å². The van der Waals surface area contributed by atoms with Gasteiger partial charge in [0.05, 0.1) is 23.5 Å². The minimum absolute atomic E-state index is 0.0359. The first-order valence-corrected chi connectivity index (χ1v) is 14.4. The SMILES string of the molecule is C[C@@H]1CN(c2ccc(Nc3ncc4c(n3)N3C(C=C4)C(=O)NCC34CCCCC4)nc2)C[C@H](C)N1C[C@@H](C)O. The zero-order chi connectivity index (χ0) is 27.1. The van der Waals surface area contributed by atoms with Gasteiger partial charge < -0.3 is 25.5 Å². The molecule has 2 aromatic heterocycles. The summed E-state index contributed by atoms with van der Waals surface area (Å²) in [4.78, 5) is 34.0. The van der Waals surface area contributed by atoms with Crippen LogP contribution in [0.1, 0.15) is 58.4 Å². The van der Waals surface area contributed by atoms with E-state index in [1.165, 1.54) is 6.42 Å². The van der Waals surface area contributed by atoms with Crippen molar-refractivity contribution in [2.45, 2.75) is 82.6 Å². The quantitative estimate of drug-likeness (QED) is 0.535. The number of aromatic nitrogens is 3. The van der Waals surface area contributed by atoms with E-state index < -0.39 is 0 Å². The van der Waals surface area contributed by atoms with Crippen LogP contribution in [-0.2, 0) is 4.79 Å². The number of anilines is 4. The number of carbonyl (C=O) groups is 1. The number of carbonyl (C=O) groups excluding carboxylic acids is 1. The lowest BCUT2D eigenvalue weighted by molar-refractivity contribution is -0.123. The van der Waals surface area contributed by atoms with Gasteiger partial charge in [0, 0.05) is 50.0 Å². The Morgan fingerprint density at radius 3 is 2.59 bits per heavy atom. The number of rotatable bonds is 5. The van der Waals surface area contributed by atoms with Crippen LogP contribution >= 0.6 is 0 Å². The maximum atomic E-state index is 12.8. The van der Waals surface area contributed by atoms with Crippen molar-refractivity contribution in [3.8, 4) is 0 Å². The molecule has 10 heteroatoms. The third-order valence-electron chi connectivity index (χ3n) is 8.85. The fourth-order valence-corrected chi connectivity index (χ4v) is 6.95. The van der Waals surface area contributed by atoms with Gasteiger partial charge in [0.15, 0.2) is 0 Å². The molecule has 208 valence electrons. The molecule has 3 fully saturated rings. The number of hydrogen-bond acceptors (Lipinski definition) is 9. The highest BCUT2D eigenvalue weighted by Gasteiger charge is 2.49. The van der Waals surface area contributed by atoms with E-state index in [9.17, 15) is 9.90 Å². The minimum atomic E-state index is -0.338. The molecule has 1 spiro atoms. The number of amides is 1. The van der Waals surface area contributed by atoms with Crippen molar-refractivity contribution in [2.24, 2.45) is 0 Å². The summed E-state index contributed by atoms with van der Waals surface area (Å²) >= 11 is 0. The predicted octanol–water partition coefficient (Wildman–Crippen LogP) is 2.93. The Labute approximate surface area is 230 Å². The number of β-amino-alcohol motifs (C(OH)–C–C–N with tert-alkyl or cyclic N) is 1. The molecule has 6 rings (SSSR count). The van der Waals surface area contributed by atoms with Crippen LogP contribution in [0, 0.1) is 0 Å². The number of aliphatic hydroxyl groups excluding tert-OH is 1. The fraction of sp³-hybridized carbons (Fsp3) is 0.586. The summed E-state index contributed by atoms with van der Waals surface area (Å²) in [7, 11) is 0. The van der Waals surface area contributed by atoms with Crippen molar-refractivity contribution in [1.82, 2.24) is 25.2 Å². The smallest absolute Gasteiger partial charge is 0.246 e. The van der Waals surface area contributed by atoms with Crippen LogP contribution in [0.5, 0.6) is 0 Å². The molecule has 0 aromatic carbocycles. The van der Waals surface area contributed by atoms with E-state index in [2.05, 4.69) is 55.2 Å². The molecule has 3 N–H and O–H groups in total. The van der Waals surface area contributed by atoms with Crippen molar-refractivity contribution in [2.75, 3.05) is 41.3 Å². The van der Waals surface area contributed by atoms with Crippen LogP contribution in [0.15, 0.2) is 30.6 Å². The summed E-state index contributed by atoms with van der Waals surface area (Å²) in [6, 6.07) is 4.40. The fourth-order valence-electron chi connectivity index (χ4n) is 6.95. The molecule has 4 aliphatic rings. The number of aliphatic hydroxyl groups is 1. The van der Waals surface area contributed by atoms with Crippen molar-refractivity contribution in [3.63, 3.8) is 0 Å². The van der Waals surface area contributed by atoms with E-state index in [0.717, 1.165) is 55.8 Å². The second kappa shape index (κ2) is 10.4. The maximum Gasteiger partial charge on any atom is 0.246 e. The van der Waals surface area contributed by atoms with Gasteiger partial charge in [0.25, 0.3) is 0 Å². The van der Waals surface area contributed by atoms with Crippen molar-refractivity contribution in [3.05, 3.63) is 36.2 Å². The monoisotopic (exact) mass is 532 g/mol. The van der Waals surface area contributed by atoms with Crippen LogP contribution in [0.25, 0.3) is 6.08 Å². The third kappa shape index (κ3) is 4.96. The van der Waals surface area contributed by atoms with E-state index in [-0.39, 0.29) is 23.6 Å². The Bertz CT molecular complexity index is 1210. The Morgan fingerprint density at radius 2 is 1.90 bits per heavy atom. The second-order valence-corrected chi connectivity index (χ2v) is 11.8. The number of nitrogens with one attached hydrogen (secondary N) is 2. The number of hydrogen-bond donors (Lipinski definition) is 3. The average molecular weight is 533 g/mol. The van der Waals surface area contributed by atoms with Gasteiger partial charge in [0.1, 0.15) is 17.7 Å². The third-order valence-corrected chi connectivity index (χ3v) is 8.85. The number of nitrogens with zero attached hydrogens (tertiary/aromatic N) is 6. The van der Waals surface area contributed by atoms with Crippen molar-refractivity contribution < 1.29 is 9.90 Å². The Morgan fingerprint density at radius 1 is 1.13 bits per heavy atom. The minimum Gasteiger partial charge on any atom is -0.392 e.